The minimum atomic E-state index is -0.558. The Hall–Kier alpha value is -3.37. The number of hydrogen-bond acceptors (Lipinski definition) is 5. The van der Waals surface area contributed by atoms with E-state index in [1.807, 2.05) is 30.3 Å². The second kappa shape index (κ2) is 16.1. The fourth-order valence-corrected chi connectivity index (χ4v) is 9.33. The molecule has 0 heterocycles. The van der Waals surface area contributed by atoms with Gasteiger partial charge in [0, 0.05) is 55.6 Å². The lowest BCUT2D eigenvalue weighted by atomic mass is 9.95. The van der Waals surface area contributed by atoms with Crippen molar-refractivity contribution in [3.63, 3.8) is 0 Å². The summed E-state index contributed by atoms with van der Waals surface area (Å²) in [5.74, 6) is -1.23. The summed E-state index contributed by atoms with van der Waals surface area (Å²) in [6.07, 6.45) is 6.82. The van der Waals surface area contributed by atoms with E-state index in [4.69, 9.17) is 23.2 Å². The first-order valence-electron chi connectivity index (χ1n) is 16.2. The van der Waals surface area contributed by atoms with Gasteiger partial charge in [-0.25, -0.2) is 8.78 Å². The summed E-state index contributed by atoms with van der Waals surface area (Å²) in [6, 6.07) is 21.5. The Balaban J connectivity index is 1.17. The quantitative estimate of drug-likeness (QED) is 0.167. The van der Waals surface area contributed by atoms with Gasteiger partial charge in [-0.05, 0) is 116 Å². The van der Waals surface area contributed by atoms with Crippen molar-refractivity contribution in [2.75, 3.05) is 10.6 Å². The first kappa shape index (κ1) is 35.5. The lowest BCUT2D eigenvalue weighted by Crippen LogP contribution is -2.13. The number of ketones is 1. The van der Waals surface area contributed by atoms with Gasteiger partial charge in [0.2, 0.25) is 0 Å². The van der Waals surface area contributed by atoms with Crippen LogP contribution in [-0.4, -0.2) is 28.1 Å². The molecule has 2 aliphatic carbocycles. The Bertz CT molecular complexity index is 1890. The van der Waals surface area contributed by atoms with Crippen molar-refractivity contribution < 1.29 is 23.2 Å². The SMILES string of the molecule is O=C1CCCCC(Sc2cc(C(=O)Nc3ccc(F)c(Cl)c3)cc(C3CCC(Sc4cccc(C(=O)Nc5ccc(F)c(Cl)c5)c4)C3)c2)C1. The largest absolute Gasteiger partial charge is 0.322 e. The van der Waals surface area contributed by atoms with Crippen molar-refractivity contribution >= 4 is 75.7 Å². The molecule has 5 nitrogen and oxygen atoms in total. The highest BCUT2D eigenvalue weighted by molar-refractivity contribution is 8.00. The number of carbonyl (C=O) groups excluding carboxylic acids is 3. The number of rotatable bonds is 9. The van der Waals surface area contributed by atoms with Crippen LogP contribution in [0.4, 0.5) is 20.2 Å². The van der Waals surface area contributed by atoms with Crippen molar-refractivity contribution in [3.8, 4) is 0 Å². The molecule has 0 saturated heterocycles. The van der Waals surface area contributed by atoms with Gasteiger partial charge in [-0.1, -0.05) is 35.7 Å². The summed E-state index contributed by atoms with van der Waals surface area (Å²) in [4.78, 5) is 40.8. The zero-order chi connectivity index (χ0) is 34.5. The van der Waals surface area contributed by atoms with E-state index in [9.17, 15) is 23.2 Å². The molecule has 0 radical (unpaired) electrons. The predicted octanol–water partition coefficient (Wildman–Crippen LogP) is 11.2. The standard InChI is InChI=1S/C38H34Cl2F2N2O3S2/c39-33-19-26(9-12-35(33)41)43-37(46)23-4-3-7-29(16-23)48-31-11-8-22(15-31)24-14-25(38(47)44-27-10-13-36(42)34(40)20-27)18-32(17-24)49-30-6-2-1-5-28(45)21-30/h3-4,7,9-10,12-14,16-20,22,30-31H,1-2,5-6,8,11,15,21H2,(H,43,46)(H,44,47). The van der Waals surface area contributed by atoms with Crippen molar-refractivity contribution in [1.82, 2.24) is 0 Å². The number of anilines is 2. The van der Waals surface area contributed by atoms with Crippen LogP contribution in [0.15, 0.2) is 88.7 Å². The number of halogens is 4. The van der Waals surface area contributed by atoms with Crippen LogP contribution < -0.4 is 10.6 Å². The number of hydrogen-bond donors (Lipinski definition) is 2. The maximum absolute atomic E-state index is 13.7. The normalized spacial score (nSPS) is 19.3. The molecule has 4 aromatic carbocycles. The average Bonchev–Trinajstić information content (AvgIpc) is 3.45. The second-order valence-corrected chi connectivity index (χ2v) is 16.0. The average molecular weight is 740 g/mol. The Morgan fingerprint density at radius 2 is 1.35 bits per heavy atom. The predicted molar refractivity (Wildman–Crippen MR) is 196 cm³/mol. The molecule has 2 saturated carbocycles. The number of benzene rings is 4. The van der Waals surface area contributed by atoms with Crippen molar-refractivity contribution in [2.24, 2.45) is 0 Å². The molecule has 2 aliphatic rings. The smallest absolute Gasteiger partial charge is 0.255 e. The minimum absolute atomic E-state index is 0.0629. The van der Waals surface area contributed by atoms with Gasteiger partial charge in [-0.3, -0.25) is 14.4 Å². The molecule has 4 aromatic rings. The van der Waals surface area contributed by atoms with Crippen molar-refractivity contribution in [1.29, 1.82) is 0 Å². The van der Waals surface area contributed by atoms with Crippen LogP contribution in [0, 0.1) is 11.6 Å². The first-order valence-corrected chi connectivity index (χ1v) is 18.7. The highest BCUT2D eigenvalue weighted by Crippen LogP contribution is 2.44. The van der Waals surface area contributed by atoms with Crippen LogP contribution in [-0.2, 0) is 4.79 Å². The molecular formula is C38H34Cl2F2N2O3S2. The van der Waals surface area contributed by atoms with Crippen LogP contribution >= 0.6 is 46.7 Å². The maximum atomic E-state index is 13.7. The van der Waals surface area contributed by atoms with Gasteiger partial charge in [0.15, 0.2) is 0 Å². The Labute approximate surface area is 302 Å². The summed E-state index contributed by atoms with van der Waals surface area (Å²) in [5, 5.41) is 5.96. The van der Waals surface area contributed by atoms with Gasteiger partial charge in [-0.2, -0.15) is 0 Å². The topological polar surface area (TPSA) is 75.3 Å². The number of nitrogens with one attached hydrogen (secondary N) is 2. The number of carbonyl (C=O) groups is 3. The Morgan fingerprint density at radius 3 is 2.04 bits per heavy atom. The summed E-state index contributed by atoms with van der Waals surface area (Å²) >= 11 is 15.2. The third-order valence-electron chi connectivity index (χ3n) is 8.79. The summed E-state index contributed by atoms with van der Waals surface area (Å²) in [5.41, 5.74) is 2.87. The van der Waals surface area contributed by atoms with Crippen LogP contribution in [0.5, 0.6) is 0 Å². The van der Waals surface area contributed by atoms with Crippen molar-refractivity contribution in [3.05, 3.63) is 117 Å². The van der Waals surface area contributed by atoms with Crippen molar-refractivity contribution in [2.45, 2.75) is 77.6 Å². The van der Waals surface area contributed by atoms with Crippen LogP contribution in [0.1, 0.15) is 83.6 Å². The molecule has 3 atom stereocenters. The number of amides is 2. The maximum Gasteiger partial charge on any atom is 0.255 e. The molecule has 3 unspecified atom stereocenters. The van der Waals surface area contributed by atoms with Gasteiger partial charge >= 0.3 is 0 Å². The monoisotopic (exact) mass is 738 g/mol. The molecule has 254 valence electrons. The summed E-state index contributed by atoms with van der Waals surface area (Å²) in [7, 11) is 0. The van der Waals surface area contributed by atoms with Gasteiger partial charge in [-0.15, -0.1) is 23.5 Å². The Morgan fingerprint density at radius 1 is 0.694 bits per heavy atom. The van der Waals surface area contributed by atoms with Crippen LogP contribution in [0.3, 0.4) is 0 Å². The molecule has 6 rings (SSSR count). The zero-order valence-corrected chi connectivity index (χ0v) is 29.6. The fourth-order valence-electron chi connectivity index (χ4n) is 6.31. The van der Waals surface area contributed by atoms with E-state index in [2.05, 4.69) is 16.7 Å². The van der Waals surface area contributed by atoms with E-state index in [0.29, 0.717) is 40.6 Å². The molecule has 0 bridgehead atoms. The third kappa shape index (κ3) is 9.45. The molecular weight excluding hydrogens is 705 g/mol. The molecule has 2 amide bonds. The second-order valence-electron chi connectivity index (χ2n) is 12.5. The van der Waals surface area contributed by atoms with Gasteiger partial charge < -0.3 is 10.6 Å². The molecule has 0 spiro atoms. The van der Waals surface area contributed by atoms with E-state index in [1.165, 1.54) is 36.4 Å². The van der Waals surface area contributed by atoms with E-state index in [1.54, 1.807) is 29.6 Å². The molecule has 49 heavy (non-hydrogen) atoms. The molecule has 2 fully saturated rings. The lowest BCUT2D eigenvalue weighted by Gasteiger charge is -2.18. The minimum Gasteiger partial charge on any atom is -0.322 e. The third-order valence-corrected chi connectivity index (χ3v) is 11.9. The van der Waals surface area contributed by atoms with E-state index < -0.39 is 11.6 Å². The van der Waals surface area contributed by atoms with Gasteiger partial charge in [0.25, 0.3) is 11.8 Å². The zero-order valence-electron chi connectivity index (χ0n) is 26.4. The molecule has 11 heteroatoms. The number of Topliss-reactive ketones (excluding diaryl/α,β-unsaturated/α-hetero) is 1. The molecule has 2 N–H and O–H groups in total. The van der Waals surface area contributed by atoms with E-state index >= 15 is 0 Å². The molecule has 0 aliphatic heterocycles. The fraction of sp³-hybridized carbons (Fsp3) is 0.289. The highest BCUT2D eigenvalue weighted by atomic mass is 35.5. The lowest BCUT2D eigenvalue weighted by molar-refractivity contribution is -0.118. The van der Waals surface area contributed by atoms with Crippen LogP contribution in [0.2, 0.25) is 10.0 Å². The Kier molecular flexibility index (Phi) is 11.7. The van der Waals surface area contributed by atoms with E-state index in [-0.39, 0.29) is 38.8 Å². The number of thioether (sulfide) groups is 2. The van der Waals surface area contributed by atoms with Crippen LogP contribution in [0.25, 0.3) is 0 Å². The summed E-state index contributed by atoms with van der Waals surface area (Å²) < 4.78 is 27.3. The van der Waals surface area contributed by atoms with E-state index in [0.717, 1.165) is 53.9 Å². The summed E-state index contributed by atoms with van der Waals surface area (Å²) in [6.45, 7) is 0. The van der Waals surface area contributed by atoms with Gasteiger partial charge in [0.1, 0.15) is 17.4 Å². The first-order chi connectivity index (χ1) is 23.6. The highest BCUT2D eigenvalue weighted by Gasteiger charge is 2.29. The van der Waals surface area contributed by atoms with Gasteiger partial charge in [0.05, 0.1) is 10.0 Å². The molecule has 0 aromatic heterocycles.